The minimum Gasteiger partial charge on any atom is -0.497 e. The number of methoxy groups -OCH3 is 1. The molecule has 0 saturated carbocycles. The number of nitrogens with two attached hydrogens (primary N) is 1. The zero-order valence-electron chi connectivity index (χ0n) is 16.3. The molecule has 1 unspecified atom stereocenters. The molecule has 3 aromatic rings. The number of rotatable bonds is 6. The molecule has 5 heteroatoms. The smallest absolute Gasteiger partial charge is 0.323 e. The van der Waals surface area contributed by atoms with E-state index in [1.165, 1.54) is 0 Å². The van der Waals surface area contributed by atoms with Crippen LogP contribution in [0.1, 0.15) is 23.6 Å². The molecule has 0 aliphatic heterocycles. The number of carbonyl (C=O) groups is 1. The molecule has 1 aliphatic carbocycles. The molecule has 0 radical (unpaired) electrons. The van der Waals surface area contributed by atoms with Crippen LogP contribution in [0.15, 0.2) is 72.8 Å². The standard InChI is InChI=1S/C24H23NO4/c1-15(22(25)23(26)27)29-24(16-8-4-3-5-9-16)20-11-7-6-10-18(20)19-13-12-17(28-2)14-21(19)24/h3-15,22H,25H2,1-2H3,(H,26,27)/t15-,22+,24?/m1/s1. The second-order valence-corrected chi connectivity index (χ2v) is 7.19. The van der Waals surface area contributed by atoms with Crippen LogP contribution in [0.5, 0.6) is 5.75 Å². The molecule has 0 bridgehead atoms. The molecule has 4 rings (SSSR count). The molecule has 3 atom stereocenters. The Hall–Kier alpha value is -3.15. The average molecular weight is 389 g/mol. The number of ether oxygens (including phenoxy) is 2. The fourth-order valence-electron chi connectivity index (χ4n) is 4.08. The molecule has 0 saturated heterocycles. The first-order chi connectivity index (χ1) is 14.0. The molecule has 29 heavy (non-hydrogen) atoms. The monoisotopic (exact) mass is 389 g/mol. The van der Waals surface area contributed by atoms with Crippen molar-refractivity contribution in [3.05, 3.63) is 89.5 Å². The van der Waals surface area contributed by atoms with Crippen molar-refractivity contribution in [2.75, 3.05) is 7.11 Å². The molecule has 148 valence electrons. The number of carboxylic acids is 1. The van der Waals surface area contributed by atoms with Gasteiger partial charge in [-0.2, -0.15) is 0 Å². The summed E-state index contributed by atoms with van der Waals surface area (Å²) >= 11 is 0. The Balaban J connectivity index is 2.01. The van der Waals surface area contributed by atoms with Crippen LogP contribution in [-0.2, 0) is 15.1 Å². The van der Waals surface area contributed by atoms with Gasteiger partial charge in [-0.3, -0.25) is 4.79 Å². The second kappa shape index (κ2) is 7.35. The predicted molar refractivity (Wildman–Crippen MR) is 111 cm³/mol. The summed E-state index contributed by atoms with van der Waals surface area (Å²) in [6.45, 7) is 1.70. The van der Waals surface area contributed by atoms with Gasteiger partial charge in [0.05, 0.1) is 13.2 Å². The van der Waals surface area contributed by atoms with Gasteiger partial charge in [0, 0.05) is 11.1 Å². The van der Waals surface area contributed by atoms with Crippen molar-refractivity contribution in [2.24, 2.45) is 5.73 Å². The van der Waals surface area contributed by atoms with Gasteiger partial charge in [-0.1, -0.05) is 60.7 Å². The van der Waals surface area contributed by atoms with Gasteiger partial charge < -0.3 is 20.3 Å². The molecule has 3 aromatic carbocycles. The van der Waals surface area contributed by atoms with Crippen LogP contribution in [0, 0.1) is 0 Å². The number of hydrogen-bond acceptors (Lipinski definition) is 4. The molecule has 3 N–H and O–H groups in total. The normalized spacial score (nSPS) is 19.1. The Kier molecular flexibility index (Phi) is 4.86. The summed E-state index contributed by atoms with van der Waals surface area (Å²) in [5.41, 5.74) is 9.78. The van der Waals surface area contributed by atoms with Crippen molar-refractivity contribution < 1.29 is 19.4 Å². The Morgan fingerprint density at radius 1 is 0.966 bits per heavy atom. The maximum absolute atomic E-state index is 11.5. The Labute approximate surface area is 169 Å². The van der Waals surface area contributed by atoms with E-state index >= 15 is 0 Å². The lowest BCUT2D eigenvalue weighted by Gasteiger charge is -2.36. The zero-order valence-corrected chi connectivity index (χ0v) is 16.3. The summed E-state index contributed by atoms with van der Waals surface area (Å²) in [7, 11) is 1.62. The van der Waals surface area contributed by atoms with Crippen LogP contribution in [0.4, 0.5) is 0 Å². The van der Waals surface area contributed by atoms with Crippen molar-refractivity contribution in [1.82, 2.24) is 0 Å². The molecule has 0 amide bonds. The third kappa shape index (κ3) is 2.99. The number of hydrogen-bond donors (Lipinski definition) is 2. The second-order valence-electron chi connectivity index (χ2n) is 7.19. The fourth-order valence-corrected chi connectivity index (χ4v) is 4.08. The maximum Gasteiger partial charge on any atom is 0.323 e. The first-order valence-corrected chi connectivity index (χ1v) is 9.49. The van der Waals surface area contributed by atoms with E-state index in [9.17, 15) is 9.90 Å². The lowest BCUT2D eigenvalue weighted by atomic mass is 9.83. The first kappa shape index (κ1) is 19.2. The van der Waals surface area contributed by atoms with Gasteiger partial charge in [-0.15, -0.1) is 0 Å². The van der Waals surface area contributed by atoms with Crippen LogP contribution in [0.2, 0.25) is 0 Å². The van der Waals surface area contributed by atoms with Crippen molar-refractivity contribution in [1.29, 1.82) is 0 Å². The van der Waals surface area contributed by atoms with Crippen molar-refractivity contribution in [3.63, 3.8) is 0 Å². The molecule has 0 spiro atoms. The topological polar surface area (TPSA) is 81.8 Å². The Bertz CT molecular complexity index is 1050. The van der Waals surface area contributed by atoms with E-state index in [-0.39, 0.29) is 0 Å². The lowest BCUT2D eigenvalue weighted by Crippen LogP contribution is -2.46. The predicted octanol–water partition coefficient (Wildman–Crippen LogP) is 3.78. The Morgan fingerprint density at radius 3 is 2.31 bits per heavy atom. The highest BCUT2D eigenvalue weighted by Crippen LogP contribution is 2.54. The van der Waals surface area contributed by atoms with E-state index in [2.05, 4.69) is 6.07 Å². The van der Waals surface area contributed by atoms with Crippen molar-refractivity contribution in [3.8, 4) is 16.9 Å². The minimum absolute atomic E-state index is 0.704. The van der Waals surface area contributed by atoms with Crippen LogP contribution < -0.4 is 10.5 Å². The molecule has 1 aliphatic rings. The highest BCUT2D eigenvalue weighted by molar-refractivity contribution is 5.83. The molecule has 0 aromatic heterocycles. The van der Waals surface area contributed by atoms with Crippen LogP contribution in [-0.4, -0.2) is 30.3 Å². The van der Waals surface area contributed by atoms with Crippen LogP contribution in [0.25, 0.3) is 11.1 Å². The van der Waals surface area contributed by atoms with Gasteiger partial charge >= 0.3 is 5.97 Å². The largest absolute Gasteiger partial charge is 0.497 e. The number of fused-ring (bicyclic) bond motifs is 3. The van der Waals surface area contributed by atoms with Gasteiger partial charge in [0.2, 0.25) is 0 Å². The van der Waals surface area contributed by atoms with E-state index in [1.54, 1.807) is 14.0 Å². The Morgan fingerprint density at radius 2 is 1.62 bits per heavy atom. The van der Waals surface area contributed by atoms with E-state index < -0.39 is 23.7 Å². The third-order valence-electron chi connectivity index (χ3n) is 5.54. The van der Waals surface area contributed by atoms with Crippen LogP contribution in [0.3, 0.4) is 0 Å². The number of carboxylic acid groups (broad SMARTS) is 1. The van der Waals surface area contributed by atoms with E-state index in [0.29, 0.717) is 5.75 Å². The van der Waals surface area contributed by atoms with Gasteiger partial charge in [0.25, 0.3) is 0 Å². The molecule has 0 fully saturated rings. The third-order valence-corrected chi connectivity index (χ3v) is 5.54. The summed E-state index contributed by atoms with van der Waals surface area (Å²) in [6, 6.07) is 22.6. The molecule has 0 heterocycles. The zero-order chi connectivity index (χ0) is 20.6. The van der Waals surface area contributed by atoms with E-state index in [0.717, 1.165) is 27.8 Å². The molecular weight excluding hydrogens is 366 g/mol. The SMILES string of the molecule is COc1ccc2c(c1)C(O[C@H](C)[C@H](N)C(=O)O)(c1ccccc1)c1ccccc1-2. The quantitative estimate of drug-likeness (QED) is 0.670. The summed E-state index contributed by atoms with van der Waals surface area (Å²) in [4.78, 5) is 11.5. The van der Waals surface area contributed by atoms with E-state index in [4.69, 9.17) is 15.2 Å². The van der Waals surface area contributed by atoms with Gasteiger partial charge in [-0.25, -0.2) is 0 Å². The fraction of sp³-hybridized carbons (Fsp3) is 0.208. The number of aliphatic carboxylic acids is 1. The molecule has 5 nitrogen and oxygen atoms in total. The summed E-state index contributed by atoms with van der Waals surface area (Å²) in [6.07, 6.45) is -0.738. The maximum atomic E-state index is 11.5. The van der Waals surface area contributed by atoms with Gasteiger partial charge in [0.15, 0.2) is 0 Å². The van der Waals surface area contributed by atoms with E-state index in [1.807, 2.05) is 66.7 Å². The highest BCUT2D eigenvalue weighted by atomic mass is 16.5. The minimum atomic E-state index is -1.16. The van der Waals surface area contributed by atoms with Crippen LogP contribution >= 0.6 is 0 Å². The van der Waals surface area contributed by atoms with Gasteiger partial charge in [0.1, 0.15) is 17.4 Å². The highest BCUT2D eigenvalue weighted by Gasteiger charge is 2.48. The molecular formula is C24H23NO4. The average Bonchev–Trinajstić information content (AvgIpc) is 3.04. The summed E-state index contributed by atoms with van der Waals surface area (Å²) < 4.78 is 12.1. The van der Waals surface area contributed by atoms with Crippen molar-refractivity contribution in [2.45, 2.75) is 24.7 Å². The summed E-state index contributed by atoms with van der Waals surface area (Å²) in [5.74, 6) is -0.395. The first-order valence-electron chi connectivity index (χ1n) is 9.49. The number of benzene rings is 3. The van der Waals surface area contributed by atoms with Crippen molar-refractivity contribution >= 4 is 5.97 Å². The lowest BCUT2D eigenvalue weighted by molar-refractivity contribution is -0.144. The summed E-state index contributed by atoms with van der Waals surface area (Å²) in [5, 5.41) is 9.43. The van der Waals surface area contributed by atoms with Gasteiger partial charge in [-0.05, 0) is 35.7 Å².